The lowest BCUT2D eigenvalue weighted by Crippen LogP contribution is -2.42. The molecule has 6 heteroatoms. The number of fused-ring (bicyclic) bond motifs is 1. The first-order valence-corrected chi connectivity index (χ1v) is 10.1. The van der Waals surface area contributed by atoms with Gasteiger partial charge in [-0.1, -0.05) is 42.5 Å². The van der Waals surface area contributed by atoms with E-state index in [0.29, 0.717) is 18.9 Å². The Morgan fingerprint density at radius 1 is 1.17 bits per heavy atom. The van der Waals surface area contributed by atoms with Crippen LogP contribution >= 0.6 is 0 Å². The monoisotopic (exact) mass is 347 g/mol. The molecule has 0 saturated heterocycles. The molecule has 0 aliphatic carbocycles. The van der Waals surface area contributed by atoms with Crippen LogP contribution in [0.15, 0.2) is 47.5 Å². The van der Waals surface area contributed by atoms with Gasteiger partial charge in [-0.2, -0.15) is 0 Å². The van der Waals surface area contributed by atoms with Gasteiger partial charge in [0.05, 0.1) is 5.75 Å². The zero-order chi connectivity index (χ0) is 17.6. The third-order valence-corrected chi connectivity index (χ3v) is 4.83. The Morgan fingerprint density at radius 3 is 2.58 bits per heavy atom. The summed E-state index contributed by atoms with van der Waals surface area (Å²) in [5, 5.41) is 8.95. The van der Waals surface area contributed by atoms with Gasteiger partial charge in [0, 0.05) is 25.9 Å². The minimum atomic E-state index is -2.94. The summed E-state index contributed by atoms with van der Waals surface area (Å²) in [5.74, 6) is 0.838. The molecule has 2 rings (SSSR count). The van der Waals surface area contributed by atoms with Gasteiger partial charge in [-0.05, 0) is 29.7 Å². The van der Waals surface area contributed by atoms with Crippen molar-refractivity contribution < 1.29 is 8.42 Å². The maximum Gasteiger partial charge on any atom is 0.191 e. The van der Waals surface area contributed by atoms with E-state index in [1.807, 2.05) is 25.1 Å². The molecule has 2 aromatic carbocycles. The summed E-state index contributed by atoms with van der Waals surface area (Å²) in [6.45, 7) is 2.61. The highest BCUT2D eigenvalue weighted by Crippen LogP contribution is 2.18. The third-order valence-electron chi connectivity index (χ3n) is 3.85. The Balaban J connectivity index is 1.96. The molecule has 24 heavy (non-hydrogen) atoms. The maximum absolute atomic E-state index is 11.3. The Hall–Kier alpha value is -2.08. The molecule has 0 fully saturated rings. The van der Waals surface area contributed by atoms with Crippen LogP contribution in [0.25, 0.3) is 10.8 Å². The molecule has 0 saturated carbocycles. The fourth-order valence-corrected chi connectivity index (χ4v) is 3.30. The van der Waals surface area contributed by atoms with Crippen molar-refractivity contribution in [2.75, 3.05) is 19.1 Å². The van der Waals surface area contributed by atoms with Crippen LogP contribution in [0.5, 0.6) is 0 Å². The van der Waals surface area contributed by atoms with Gasteiger partial charge < -0.3 is 10.6 Å². The second-order valence-corrected chi connectivity index (χ2v) is 8.29. The molecule has 0 aliphatic rings. The van der Waals surface area contributed by atoms with Crippen LogP contribution in [0.2, 0.25) is 0 Å². The highest BCUT2D eigenvalue weighted by Gasteiger charge is 2.09. The second-order valence-electron chi connectivity index (χ2n) is 6.03. The number of hydrogen-bond donors (Lipinski definition) is 2. The SMILES string of the molecule is CN=C(NCc1cccc2ccccc12)NC(C)CCS(C)(=O)=O. The van der Waals surface area contributed by atoms with Crippen molar-refractivity contribution in [2.24, 2.45) is 4.99 Å². The van der Waals surface area contributed by atoms with Crippen LogP contribution in [0.4, 0.5) is 0 Å². The quantitative estimate of drug-likeness (QED) is 0.621. The molecule has 130 valence electrons. The second kappa shape index (κ2) is 8.15. The topological polar surface area (TPSA) is 70.6 Å². The van der Waals surface area contributed by atoms with Crippen molar-refractivity contribution in [3.8, 4) is 0 Å². The third kappa shape index (κ3) is 5.53. The Morgan fingerprint density at radius 2 is 1.88 bits per heavy atom. The van der Waals surface area contributed by atoms with Gasteiger partial charge in [0.2, 0.25) is 0 Å². The fraction of sp³-hybridized carbons (Fsp3) is 0.389. The van der Waals surface area contributed by atoms with Gasteiger partial charge in [0.25, 0.3) is 0 Å². The van der Waals surface area contributed by atoms with E-state index in [2.05, 4.69) is 39.9 Å². The molecule has 0 heterocycles. The molecule has 0 amide bonds. The molecule has 0 spiro atoms. The number of aliphatic imine (C=N–C) groups is 1. The van der Waals surface area contributed by atoms with Crippen LogP contribution in [0, 0.1) is 0 Å². The molecule has 0 aromatic heterocycles. The minimum Gasteiger partial charge on any atom is -0.354 e. The molecule has 5 nitrogen and oxygen atoms in total. The van der Waals surface area contributed by atoms with Crippen LogP contribution in [0.3, 0.4) is 0 Å². The summed E-state index contributed by atoms with van der Waals surface area (Å²) in [4.78, 5) is 4.21. The molecule has 0 bridgehead atoms. The van der Waals surface area contributed by atoms with Crippen molar-refractivity contribution >= 4 is 26.6 Å². The number of hydrogen-bond acceptors (Lipinski definition) is 3. The molecule has 2 N–H and O–H groups in total. The largest absolute Gasteiger partial charge is 0.354 e. The molecule has 1 unspecified atom stereocenters. The summed E-state index contributed by atoms with van der Waals surface area (Å²) in [6.07, 6.45) is 1.81. The smallest absolute Gasteiger partial charge is 0.191 e. The van der Waals surface area contributed by atoms with Crippen molar-refractivity contribution in [3.63, 3.8) is 0 Å². The van der Waals surface area contributed by atoms with Gasteiger partial charge in [0.1, 0.15) is 9.84 Å². The van der Waals surface area contributed by atoms with Gasteiger partial charge in [0.15, 0.2) is 5.96 Å². The average molecular weight is 347 g/mol. The average Bonchev–Trinajstić information content (AvgIpc) is 2.56. The summed E-state index contributed by atoms with van der Waals surface area (Å²) in [6, 6.07) is 14.5. The summed E-state index contributed by atoms with van der Waals surface area (Å²) in [5.41, 5.74) is 1.19. The van der Waals surface area contributed by atoms with E-state index < -0.39 is 9.84 Å². The highest BCUT2D eigenvalue weighted by atomic mass is 32.2. The van der Waals surface area contributed by atoms with Crippen LogP contribution in [-0.4, -0.2) is 39.5 Å². The highest BCUT2D eigenvalue weighted by molar-refractivity contribution is 7.90. The first-order valence-electron chi connectivity index (χ1n) is 8.00. The molecule has 2 aromatic rings. The lowest BCUT2D eigenvalue weighted by molar-refractivity contribution is 0.581. The van der Waals surface area contributed by atoms with E-state index in [4.69, 9.17) is 0 Å². The van der Waals surface area contributed by atoms with E-state index in [0.717, 1.165) is 0 Å². The molecular formula is C18H25N3O2S. The predicted molar refractivity (Wildman–Crippen MR) is 101 cm³/mol. The molecule has 0 aliphatic heterocycles. The first kappa shape index (κ1) is 18.3. The van der Waals surface area contributed by atoms with Crippen molar-refractivity contribution in [3.05, 3.63) is 48.0 Å². The van der Waals surface area contributed by atoms with Crippen LogP contribution in [-0.2, 0) is 16.4 Å². The zero-order valence-corrected chi connectivity index (χ0v) is 15.2. The summed E-state index contributed by atoms with van der Waals surface area (Å²) in [7, 11) is -1.23. The van der Waals surface area contributed by atoms with Gasteiger partial charge in [-0.15, -0.1) is 0 Å². The fourth-order valence-electron chi connectivity index (χ4n) is 2.52. The Bertz CT molecular complexity index is 811. The Labute approximate surface area is 144 Å². The van der Waals surface area contributed by atoms with Crippen LogP contribution in [0.1, 0.15) is 18.9 Å². The summed E-state index contributed by atoms with van der Waals surface area (Å²) >= 11 is 0. The zero-order valence-electron chi connectivity index (χ0n) is 14.4. The Kier molecular flexibility index (Phi) is 6.20. The molecule has 1 atom stereocenters. The number of rotatable bonds is 6. The standard InChI is InChI=1S/C18H25N3O2S/c1-14(11-12-24(3,22)23)21-18(19-2)20-13-16-9-6-8-15-7-4-5-10-17(15)16/h4-10,14H,11-13H2,1-3H3,(H2,19,20,21). The number of nitrogens with one attached hydrogen (secondary N) is 2. The number of nitrogens with zero attached hydrogens (tertiary/aromatic N) is 1. The van der Waals surface area contributed by atoms with E-state index in [9.17, 15) is 8.42 Å². The number of guanidine groups is 1. The van der Waals surface area contributed by atoms with Crippen LogP contribution < -0.4 is 10.6 Å². The molecule has 0 radical (unpaired) electrons. The summed E-state index contributed by atoms with van der Waals surface area (Å²) < 4.78 is 22.5. The van der Waals surface area contributed by atoms with Gasteiger partial charge in [-0.3, -0.25) is 4.99 Å². The van der Waals surface area contributed by atoms with Crippen molar-refractivity contribution in [2.45, 2.75) is 25.9 Å². The van der Waals surface area contributed by atoms with E-state index in [-0.39, 0.29) is 11.8 Å². The molecular weight excluding hydrogens is 322 g/mol. The predicted octanol–water partition coefficient (Wildman–Crippen LogP) is 2.33. The van der Waals surface area contributed by atoms with Gasteiger partial charge in [-0.25, -0.2) is 8.42 Å². The number of benzene rings is 2. The van der Waals surface area contributed by atoms with Crippen molar-refractivity contribution in [1.82, 2.24) is 10.6 Å². The minimum absolute atomic E-state index is 0.0263. The lowest BCUT2D eigenvalue weighted by atomic mass is 10.0. The van der Waals surface area contributed by atoms with E-state index in [1.54, 1.807) is 7.05 Å². The maximum atomic E-state index is 11.3. The van der Waals surface area contributed by atoms with E-state index >= 15 is 0 Å². The van der Waals surface area contributed by atoms with E-state index in [1.165, 1.54) is 22.6 Å². The normalized spacial score (nSPS) is 13.7. The van der Waals surface area contributed by atoms with Gasteiger partial charge >= 0.3 is 0 Å². The van der Waals surface area contributed by atoms with Crippen molar-refractivity contribution in [1.29, 1.82) is 0 Å². The first-order chi connectivity index (χ1) is 11.4. The lowest BCUT2D eigenvalue weighted by Gasteiger charge is -2.18. The number of sulfone groups is 1.